The van der Waals surface area contributed by atoms with Gasteiger partial charge < -0.3 is 9.47 Å². The van der Waals surface area contributed by atoms with Gasteiger partial charge in [0.2, 0.25) is 0 Å². The summed E-state index contributed by atoms with van der Waals surface area (Å²) in [5.41, 5.74) is 3.53. The Morgan fingerprint density at radius 2 is 2.06 bits per heavy atom. The highest BCUT2D eigenvalue weighted by Crippen LogP contribution is 2.25. The van der Waals surface area contributed by atoms with Crippen molar-refractivity contribution in [1.82, 2.24) is 9.47 Å². The molecule has 100 valence electrons. The molecule has 0 N–H and O–H groups in total. The van der Waals surface area contributed by atoms with Gasteiger partial charge in [0, 0.05) is 29.9 Å². The molecule has 18 heavy (non-hydrogen) atoms. The summed E-state index contributed by atoms with van der Waals surface area (Å²) in [7, 11) is 4.23. The summed E-state index contributed by atoms with van der Waals surface area (Å²) in [6, 6.07) is 2.09. The van der Waals surface area contributed by atoms with Gasteiger partial charge in [0.05, 0.1) is 0 Å². The van der Waals surface area contributed by atoms with E-state index in [2.05, 4.69) is 36.6 Å². The second-order valence-electron chi connectivity index (χ2n) is 5.58. The molecule has 0 aromatic carbocycles. The Morgan fingerprint density at radius 1 is 1.28 bits per heavy atom. The lowest BCUT2D eigenvalue weighted by Crippen LogP contribution is -2.16. The quantitative estimate of drug-likeness (QED) is 0.749. The van der Waals surface area contributed by atoms with Crippen LogP contribution in [-0.2, 0) is 13.0 Å². The number of Topliss-reactive ketones (excluding diaryl/α,β-unsaturated/α-hetero) is 1. The molecule has 3 heteroatoms. The first kappa shape index (κ1) is 13.3. The Balaban J connectivity index is 2.02. The summed E-state index contributed by atoms with van der Waals surface area (Å²) in [6.07, 6.45) is 5.23. The predicted molar refractivity (Wildman–Crippen MR) is 74.2 cm³/mol. The van der Waals surface area contributed by atoms with Crippen molar-refractivity contribution >= 4 is 5.78 Å². The molecule has 0 bridgehead atoms. The van der Waals surface area contributed by atoms with Gasteiger partial charge in [-0.1, -0.05) is 0 Å². The van der Waals surface area contributed by atoms with Crippen LogP contribution in [0, 0.1) is 6.92 Å². The number of carbonyl (C=O) groups excluding carboxylic acids is 1. The normalized spacial score (nSPS) is 15.2. The second kappa shape index (κ2) is 5.70. The van der Waals surface area contributed by atoms with Crippen LogP contribution in [0.1, 0.15) is 47.4 Å². The lowest BCUT2D eigenvalue weighted by atomic mass is 9.96. The molecule has 0 atom stereocenters. The monoisotopic (exact) mass is 248 g/mol. The van der Waals surface area contributed by atoms with Gasteiger partial charge in [-0.15, -0.1) is 0 Å². The van der Waals surface area contributed by atoms with Gasteiger partial charge in [0.15, 0.2) is 5.78 Å². The minimum absolute atomic E-state index is 0.339. The number of ketones is 1. The topological polar surface area (TPSA) is 25.2 Å². The van der Waals surface area contributed by atoms with Gasteiger partial charge in [0.25, 0.3) is 0 Å². The first-order valence-electron chi connectivity index (χ1n) is 6.96. The minimum Gasteiger partial charge on any atom is -0.348 e. The van der Waals surface area contributed by atoms with Crippen LogP contribution in [-0.4, -0.2) is 35.9 Å². The van der Waals surface area contributed by atoms with E-state index in [9.17, 15) is 4.79 Å². The van der Waals surface area contributed by atoms with E-state index < -0.39 is 0 Å². The highest BCUT2D eigenvalue weighted by molar-refractivity contribution is 5.98. The van der Waals surface area contributed by atoms with Crippen LogP contribution in [0.25, 0.3) is 0 Å². The average molecular weight is 248 g/mol. The Hall–Kier alpha value is -1.09. The van der Waals surface area contributed by atoms with Gasteiger partial charge in [-0.3, -0.25) is 4.79 Å². The van der Waals surface area contributed by atoms with Crippen LogP contribution in [0.15, 0.2) is 6.07 Å². The third-order valence-corrected chi connectivity index (χ3v) is 3.77. The second-order valence-corrected chi connectivity index (χ2v) is 5.58. The van der Waals surface area contributed by atoms with Crippen LogP contribution >= 0.6 is 0 Å². The molecule has 0 aliphatic heterocycles. The largest absolute Gasteiger partial charge is 0.348 e. The van der Waals surface area contributed by atoms with Gasteiger partial charge in [-0.25, -0.2) is 0 Å². The van der Waals surface area contributed by atoms with E-state index in [4.69, 9.17) is 0 Å². The number of unbranched alkanes of at least 4 members (excludes halogenated alkanes) is 1. The van der Waals surface area contributed by atoms with E-state index >= 15 is 0 Å². The van der Waals surface area contributed by atoms with Crippen LogP contribution in [0.3, 0.4) is 0 Å². The van der Waals surface area contributed by atoms with Crippen LogP contribution < -0.4 is 0 Å². The Labute approximate surface area is 110 Å². The number of fused-ring (bicyclic) bond motifs is 1. The fourth-order valence-corrected chi connectivity index (χ4v) is 2.80. The molecule has 0 radical (unpaired) electrons. The van der Waals surface area contributed by atoms with Gasteiger partial charge in [-0.2, -0.15) is 0 Å². The number of rotatable bonds is 5. The number of hydrogen-bond acceptors (Lipinski definition) is 2. The summed E-state index contributed by atoms with van der Waals surface area (Å²) in [5, 5.41) is 0. The number of aryl methyl sites for hydroxylation is 1. The highest BCUT2D eigenvalue weighted by Gasteiger charge is 2.22. The lowest BCUT2D eigenvalue weighted by Gasteiger charge is -2.16. The highest BCUT2D eigenvalue weighted by atomic mass is 16.1. The van der Waals surface area contributed by atoms with E-state index in [1.54, 1.807) is 0 Å². The molecule has 1 aromatic rings. The van der Waals surface area contributed by atoms with Crippen LogP contribution in [0.4, 0.5) is 0 Å². The van der Waals surface area contributed by atoms with Crippen molar-refractivity contribution < 1.29 is 4.79 Å². The van der Waals surface area contributed by atoms with Crippen molar-refractivity contribution in [2.75, 3.05) is 20.6 Å². The van der Waals surface area contributed by atoms with E-state index in [0.29, 0.717) is 5.78 Å². The van der Waals surface area contributed by atoms with Crippen molar-refractivity contribution in [2.24, 2.45) is 0 Å². The maximum Gasteiger partial charge on any atom is 0.164 e. The standard InChI is InChI=1S/C15H24N2O/c1-12-11-13-14(7-6-8-15(13)18)17(12)10-5-4-9-16(2)3/h11H,4-10H2,1-3H3. The van der Waals surface area contributed by atoms with Gasteiger partial charge >= 0.3 is 0 Å². The summed E-state index contributed by atoms with van der Waals surface area (Å²) >= 11 is 0. The molecule has 1 aliphatic carbocycles. The SMILES string of the molecule is Cc1cc2c(n1CCCCN(C)C)CCCC2=O. The first-order valence-corrected chi connectivity index (χ1v) is 6.96. The maximum atomic E-state index is 11.9. The summed E-state index contributed by atoms with van der Waals surface area (Å²) < 4.78 is 2.36. The molecule has 0 saturated heterocycles. The van der Waals surface area contributed by atoms with Crippen molar-refractivity contribution in [3.8, 4) is 0 Å². The van der Waals surface area contributed by atoms with Crippen molar-refractivity contribution in [1.29, 1.82) is 0 Å². The first-order chi connectivity index (χ1) is 8.59. The fraction of sp³-hybridized carbons (Fsp3) is 0.667. The molecule has 0 spiro atoms. The molecule has 0 fully saturated rings. The number of hydrogen-bond donors (Lipinski definition) is 0. The van der Waals surface area contributed by atoms with E-state index in [-0.39, 0.29) is 0 Å². The van der Waals surface area contributed by atoms with Crippen molar-refractivity contribution in [2.45, 2.75) is 45.6 Å². The summed E-state index contributed by atoms with van der Waals surface area (Å²) in [6.45, 7) is 4.32. The molecule has 1 heterocycles. The summed E-state index contributed by atoms with van der Waals surface area (Å²) in [5.74, 6) is 0.339. The zero-order valence-electron chi connectivity index (χ0n) is 11.8. The van der Waals surface area contributed by atoms with E-state index in [0.717, 1.165) is 37.9 Å². The van der Waals surface area contributed by atoms with E-state index in [1.165, 1.54) is 24.2 Å². The number of carbonyl (C=O) groups is 1. The third-order valence-electron chi connectivity index (χ3n) is 3.77. The number of nitrogens with zero attached hydrogens (tertiary/aromatic N) is 2. The van der Waals surface area contributed by atoms with Crippen molar-refractivity contribution in [3.05, 3.63) is 23.0 Å². The van der Waals surface area contributed by atoms with Crippen molar-refractivity contribution in [3.63, 3.8) is 0 Å². The Morgan fingerprint density at radius 3 is 2.78 bits per heavy atom. The Bertz CT molecular complexity index is 432. The molecular formula is C15H24N2O. The molecule has 0 unspecified atom stereocenters. The third kappa shape index (κ3) is 2.83. The minimum atomic E-state index is 0.339. The van der Waals surface area contributed by atoms with E-state index in [1.807, 2.05) is 0 Å². The zero-order valence-corrected chi connectivity index (χ0v) is 11.8. The van der Waals surface area contributed by atoms with Gasteiger partial charge in [0.1, 0.15) is 0 Å². The smallest absolute Gasteiger partial charge is 0.164 e. The zero-order chi connectivity index (χ0) is 13.1. The average Bonchev–Trinajstić information content (AvgIpc) is 2.63. The molecule has 0 saturated carbocycles. The van der Waals surface area contributed by atoms with Crippen LogP contribution in [0.2, 0.25) is 0 Å². The molecular weight excluding hydrogens is 224 g/mol. The molecule has 3 nitrogen and oxygen atoms in total. The number of aromatic nitrogens is 1. The Kier molecular flexibility index (Phi) is 4.23. The molecule has 2 rings (SSSR count). The molecule has 1 aliphatic rings. The lowest BCUT2D eigenvalue weighted by molar-refractivity contribution is 0.0971. The fourth-order valence-electron chi connectivity index (χ4n) is 2.80. The maximum absolute atomic E-state index is 11.9. The van der Waals surface area contributed by atoms with Gasteiger partial charge in [-0.05, 0) is 59.3 Å². The van der Waals surface area contributed by atoms with Crippen LogP contribution in [0.5, 0.6) is 0 Å². The summed E-state index contributed by atoms with van der Waals surface area (Å²) in [4.78, 5) is 14.1. The predicted octanol–water partition coefficient (Wildman–Crippen LogP) is 2.66. The molecule has 0 amide bonds. The molecule has 1 aromatic heterocycles.